The highest BCUT2D eigenvalue weighted by Gasteiger charge is 2.16. The van der Waals surface area contributed by atoms with Gasteiger partial charge < -0.3 is 10.1 Å². The van der Waals surface area contributed by atoms with Gasteiger partial charge in [-0.15, -0.1) is 0 Å². The summed E-state index contributed by atoms with van der Waals surface area (Å²) in [5, 5.41) is 2.69. The lowest BCUT2D eigenvalue weighted by Gasteiger charge is -2.09. The Kier molecular flexibility index (Phi) is 4.55. The third kappa shape index (κ3) is 3.68. The summed E-state index contributed by atoms with van der Waals surface area (Å²) in [6.45, 7) is 0.792. The van der Waals surface area contributed by atoms with Crippen molar-refractivity contribution in [3.05, 3.63) is 29.0 Å². The van der Waals surface area contributed by atoms with Gasteiger partial charge in [0.05, 0.1) is 11.1 Å². The molecule has 1 heterocycles. The summed E-state index contributed by atoms with van der Waals surface area (Å²) in [5.41, 5.74) is 0.513. The molecular weight excluding hydrogens is 257 g/mol. The van der Waals surface area contributed by atoms with Crippen molar-refractivity contribution in [3.63, 3.8) is 0 Å². The van der Waals surface area contributed by atoms with Gasteiger partial charge in [0, 0.05) is 18.7 Å². The summed E-state index contributed by atoms with van der Waals surface area (Å²) in [6, 6.07) is 4.13. The average molecular weight is 272 g/mol. The average Bonchev–Trinajstić information content (AvgIpc) is 2.84. The first-order valence-corrected chi connectivity index (χ1v) is 6.39. The van der Waals surface area contributed by atoms with Crippen molar-refractivity contribution in [3.8, 4) is 0 Å². The Morgan fingerprint density at radius 1 is 1.56 bits per heavy atom. The third-order valence-electron chi connectivity index (χ3n) is 2.92. The number of hydrogen-bond donors (Lipinski definition) is 1. The van der Waals surface area contributed by atoms with E-state index in [-0.39, 0.29) is 17.0 Å². The second-order valence-electron chi connectivity index (χ2n) is 4.35. The zero-order chi connectivity index (χ0) is 13.0. The first-order valence-electron chi connectivity index (χ1n) is 6.01. The zero-order valence-electron chi connectivity index (χ0n) is 9.92. The molecule has 0 unspecified atom stereocenters. The van der Waals surface area contributed by atoms with Gasteiger partial charge in [-0.05, 0) is 37.5 Å². The minimum atomic E-state index is -0.492. The predicted molar refractivity (Wildman–Crippen MR) is 68.2 cm³/mol. The number of halogens is 2. The largest absolute Gasteiger partial charge is 0.378 e. The number of ether oxygens (including phenoxy) is 1. The van der Waals surface area contributed by atoms with Crippen LogP contribution in [-0.2, 0) is 9.53 Å². The standard InChI is InChI=1S/C13H15ClFNO2/c14-11-8-9(3-5-12(11)15)16-13(17)6-4-10-2-1-7-18-10/h3,5,8,10H,1-2,4,6-7H2,(H,16,17)/t10-/m1/s1. The van der Waals surface area contributed by atoms with E-state index >= 15 is 0 Å². The Bertz CT molecular complexity index is 433. The SMILES string of the molecule is O=C(CC[C@H]1CCCO1)Nc1ccc(F)c(Cl)c1. The van der Waals surface area contributed by atoms with Crippen molar-refractivity contribution < 1.29 is 13.9 Å². The molecule has 0 radical (unpaired) electrons. The van der Waals surface area contributed by atoms with Crippen LogP contribution in [0.2, 0.25) is 5.02 Å². The van der Waals surface area contributed by atoms with Gasteiger partial charge in [0.1, 0.15) is 5.82 Å². The van der Waals surface area contributed by atoms with Crippen molar-refractivity contribution in [2.75, 3.05) is 11.9 Å². The lowest BCUT2D eigenvalue weighted by atomic mass is 10.1. The van der Waals surface area contributed by atoms with E-state index < -0.39 is 5.82 Å². The second-order valence-corrected chi connectivity index (χ2v) is 4.76. The third-order valence-corrected chi connectivity index (χ3v) is 3.21. The summed E-state index contributed by atoms with van der Waals surface area (Å²) in [5.74, 6) is -0.595. The van der Waals surface area contributed by atoms with Gasteiger partial charge in [0.15, 0.2) is 0 Å². The second kappa shape index (κ2) is 6.16. The van der Waals surface area contributed by atoms with Gasteiger partial charge >= 0.3 is 0 Å². The van der Waals surface area contributed by atoms with E-state index in [0.29, 0.717) is 12.1 Å². The molecule has 1 aliphatic heterocycles. The van der Waals surface area contributed by atoms with E-state index in [2.05, 4.69) is 5.32 Å². The van der Waals surface area contributed by atoms with Crippen LogP contribution in [0.5, 0.6) is 0 Å². The van der Waals surface area contributed by atoms with Crippen LogP contribution in [0.25, 0.3) is 0 Å². The summed E-state index contributed by atoms with van der Waals surface area (Å²) >= 11 is 5.63. The number of anilines is 1. The predicted octanol–water partition coefficient (Wildman–Crippen LogP) is 3.38. The highest BCUT2D eigenvalue weighted by atomic mass is 35.5. The number of rotatable bonds is 4. The molecule has 1 aromatic carbocycles. The van der Waals surface area contributed by atoms with Gasteiger partial charge in [-0.3, -0.25) is 4.79 Å². The van der Waals surface area contributed by atoms with E-state index in [1.165, 1.54) is 18.2 Å². The Morgan fingerprint density at radius 3 is 3.06 bits per heavy atom. The van der Waals surface area contributed by atoms with Crippen molar-refractivity contribution >= 4 is 23.2 Å². The van der Waals surface area contributed by atoms with E-state index in [4.69, 9.17) is 16.3 Å². The minimum absolute atomic E-state index is 0.00641. The van der Waals surface area contributed by atoms with Crippen molar-refractivity contribution in [2.45, 2.75) is 31.8 Å². The Balaban J connectivity index is 1.80. The molecule has 0 spiro atoms. The topological polar surface area (TPSA) is 38.3 Å². The molecule has 5 heteroatoms. The molecule has 0 saturated carbocycles. The van der Waals surface area contributed by atoms with Crippen LogP contribution >= 0.6 is 11.6 Å². The van der Waals surface area contributed by atoms with Gasteiger partial charge in [-0.1, -0.05) is 11.6 Å². The molecule has 1 amide bonds. The first-order chi connectivity index (χ1) is 8.65. The molecule has 0 aromatic heterocycles. The van der Waals surface area contributed by atoms with Crippen LogP contribution < -0.4 is 5.32 Å². The van der Waals surface area contributed by atoms with Gasteiger partial charge in [-0.2, -0.15) is 0 Å². The smallest absolute Gasteiger partial charge is 0.224 e. The van der Waals surface area contributed by atoms with Crippen molar-refractivity contribution in [1.82, 2.24) is 0 Å². The molecule has 1 N–H and O–H groups in total. The molecule has 0 aliphatic carbocycles. The molecule has 0 bridgehead atoms. The molecule has 3 nitrogen and oxygen atoms in total. The molecular formula is C13H15ClFNO2. The van der Waals surface area contributed by atoms with Crippen molar-refractivity contribution in [1.29, 1.82) is 0 Å². The number of carbonyl (C=O) groups excluding carboxylic acids is 1. The fraction of sp³-hybridized carbons (Fsp3) is 0.462. The molecule has 1 saturated heterocycles. The Labute approximate surface area is 110 Å². The Morgan fingerprint density at radius 2 is 2.39 bits per heavy atom. The summed E-state index contributed by atoms with van der Waals surface area (Å²) in [6.07, 6.45) is 3.42. The number of nitrogens with one attached hydrogen (secondary N) is 1. The van der Waals surface area contributed by atoms with E-state index in [1.807, 2.05) is 0 Å². The van der Waals surface area contributed by atoms with Crippen LogP contribution in [0, 0.1) is 5.82 Å². The van der Waals surface area contributed by atoms with Crippen molar-refractivity contribution in [2.24, 2.45) is 0 Å². The van der Waals surface area contributed by atoms with Crippen LogP contribution in [0.1, 0.15) is 25.7 Å². The molecule has 18 heavy (non-hydrogen) atoms. The van der Waals surface area contributed by atoms with E-state index in [0.717, 1.165) is 25.9 Å². The lowest BCUT2D eigenvalue weighted by molar-refractivity contribution is -0.116. The monoisotopic (exact) mass is 271 g/mol. The quantitative estimate of drug-likeness (QED) is 0.912. The molecule has 98 valence electrons. The highest BCUT2D eigenvalue weighted by Crippen LogP contribution is 2.20. The van der Waals surface area contributed by atoms with Crippen LogP contribution in [0.3, 0.4) is 0 Å². The van der Waals surface area contributed by atoms with Crippen LogP contribution in [-0.4, -0.2) is 18.6 Å². The van der Waals surface area contributed by atoms with E-state index in [9.17, 15) is 9.18 Å². The molecule has 1 fully saturated rings. The van der Waals surface area contributed by atoms with Gasteiger partial charge in [-0.25, -0.2) is 4.39 Å². The maximum absolute atomic E-state index is 12.9. The maximum atomic E-state index is 12.9. The molecule has 1 aromatic rings. The summed E-state index contributed by atoms with van der Waals surface area (Å²) in [4.78, 5) is 11.7. The summed E-state index contributed by atoms with van der Waals surface area (Å²) in [7, 11) is 0. The zero-order valence-corrected chi connectivity index (χ0v) is 10.7. The Hall–Kier alpha value is -1.13. The fourth-order valence-electron chi connectivity index (χ4n) is 1.96. The summed E-state index contributed by atoms with van der Waals surface area (Å²) < 4.78 is 18.4. The number of carbonyl (C=O) groups is 1. The number of benzene rings is 1. The molecule has 1 atom stereocenters. The van der Waals surface area contributed by atoms with E-state index in [1.54, 1.807) is 0 Å². The van der Waals surface area contributed by atoms with Crippen LogP contribution in [0.4, 0.5) is 10.1 Å². The highest BCUT2D eigenvalue weighted by molar-refractivity contribution is 6.31. The fourth-order valence-corrected chi connectivity index (χ4v) is 2.14. The minimum Gasteiger partial charge on any atom is -0.378 e. The first kappa shape index (κ1) is 13.3. The van der Waals surface area contributed by atoms with Gasteiger partial charge in [0.2, 0.25) is 5.91 Å². The lowest BCUT2D eigenvalue weighted by Crippen LogP contribution is -2.15. The number of amides is 1. The van der Waals surface area contributed by atoms with Gasteiger partial charge in [0.25, 0.3) is 0 Å². The van der Waals surface area contributed by atoms with Crippen LogP contribution in [0.15, 0.2) is 18.2 Å². The molecule has 1 aliphatic rings. The number of hydrogen-bond acceptors (Lipinski definition) is 2. The maximum Gasteiger partial charge on any atom is 0.224 e. The molecule has 2 rings (SSSR count). The normalized spacial score (nSPS) is 18.9.